The van der Waals surface area contributed by atoms with Crippen molar-refractivity contribution in [2.45, 2.75) is 25.6 Å². The van der Waals surface area contributed by atoms with Crippen LogP contribution in [0, 0.1) is 0 Å². The van der Waals surface area contributed by atoms with Crippen LogP contribution in [0.4, 0.5) is 48.2 Å². The summed E-state index contributed by atoms with van der Waals surface area (Å²) in [7, 11) is 1.49. The van der Waals surface area contributed by atoms with Gasteiger partial charge < -0.3 is 35.9 Å². The summed E-state index contributed by atoms with van der Waals surface area (Å²) >= 11 is 0. The van der Waals surface area contributed by atoms with Gasteiger partial charge in [0.2, 0.25) is 0 Å². The van der Waals surface area contributed by atoms with Crippen LogP contribution in [0.5, 0.6) is 23.0 Å². The topological polar surface area (TPSA) is 137 Å². The van der Waals surface area contributed by atoms with E-state index in [2.05, 4.69) is 20.9 Å². The number of urea groups is 1. The number of anilines is 3. The smallest absolute Gasteiger partial charge is 0.420 e. The van der Waals surface area contributed by atoms with Crippen LogP contribution in [0.1, 0.15) is 32.7 Å². The Hall–Kier alpha value is -7.23. The van der Waals surface area contributed by atoms with Gasteiger partial charge in [0.25, 0.3) is 5.91 Å². The number of carbonyl (C=O) groups is 2. The van der Waals surface area contributed by atoms with Gasteiger partial charge in [0, 0.05) is 36.4 Å². The lowest BCUT2D eigenvalue weighted by Crippen LogP contribution is -2.20. The van der Waals surface area contributed by atoms with E-state index < -0.39 is 29.5 Å². The maximum absolute atomic E-state index is 13.7. The lowest BCUT2D eigenvalue weighted by atomic mass is 10.1. The molecule has 1 aromatic heterocycles. The van der Waals surface area contributed by atoms with Gasteiger partial charge in [0.15, 0.2) is 0 Å². The van der Waals surface area contributed by atoms with E-state index in [-0.39, 0.29) is 47.7 Å². The molecule has 0 unspecified atom stereocenters. The largest absolute Gasteiger partial charge is 0.488 e. The van der Waals surface area contributed by atoms with E-state index in [1.165, 1.54) is 43.6 Å². The molecule has 0 saturated heterocycles. The monoisotopic (exact) mass is 803 g/mol. The number of nitrogens with zero attached hydrogens (tertiary/aromatic N) is 1. The number of rotatable bonds is 11. The number of halogens is 6. The summed E-state index contributed by atoms with van der Waals surface area (Å²) in [6, 6.07) is 33.2. The molecular weight excluding hydrogens is 768 g/mol. The van der Waals surface area contributed by atoms with Crippen LogP contribution in [0.2, 0.25) is 0 Å². The molecule has 6 rings (SSSR count). The first-order valence-electron chi connectivity index (χ1n) is 17.2. The summed E-state index contributed by atoms with van der Waals surface area (Å²) in [6.07, 6.45) is -7.74. The number of nitrogen functional groups attached to an aromatic ring is 1. The number of aromatic nitrogens is 1. The van der Waals surface area contributed by atoms with Crippen LogP contribution >= 0.6 is 0 Å². The molecule has 0 bridgehead atoms. The summed E-state index contributed by atoms with van der Waals surface area (Å²) < 4.78 is 95.8. The number of carbonyl (C=O) groups excluding carboxylic acids is 2. The Kier molecular flexibility index (Phi) is 13.8. The maximum atomic E-state index is 13.7. The molecule has 16 heteroatoms. The number of ether oxygens (including phenoxy) is 3. The van der Waals surface area contributed by atoms with E-state index in [0.717, 1.165) is 23.3 Å². The molecule has 0 spiro atoms. The first-order chi connectivity index (χ1) is 27.7. The molecule has 0 saturated carbocycles. The van der Waals surface area contributed by atoms with Crippen molar-refractivity contribution in [2.24, 2.45) is 0 Å². The Labute approximate surface area is 328 Å². The Morgan fingerprint density at radius 1 is 0.621 bits per heavy atom. The summed E-state index contributed by atoms with van der Waals surface area (Å²) in [5.74, 6) is -0.104. The average molecular weight is 804 g/mol. The first kappa shape index (κ1) is 41.9. The molecule has 5 aromatic carbocycles. The second-order valence-electron chi connectivity index (χ2n) is 12.2. The van der Waals surface area contributed by atoms with Crippen LogP contribution in [-0.4, -0.2) is 24.0 Å². The van der Waals surface area contributed by atoms with Crippen molar-refractivity contribution >= 4 is 29.0 Å². The third-order valence-corrected chi connectivity index (χ3v) is 7.87. The fourth-order valence-corrected chi connectivity index (χ4v) is 5.08. The summed E-state index contributed by atoms with van der Waals surface area (Å²) in [5, 5.41) is 7.43. The van der Waals surface area contributed by atoms with Gasteiger partial charge in [0.1, 0.15) is 41.9 Å². The molecule has 1 heterocycles. The van der Waals surface area contributed by atoms with Gasteiger partial charge in [-0.2, -0.15) is 26.3 Å². The van der Waals surface area contributed by atoms with Crippen molar-refractivity contribution in [1.82, 2.24) is 10.3 Å². The number of nitrogens with two attached hydrogens (primary N) is 1. The van der Waals surface area contributed by atoms with E-state index in [4.69, 9.17) is 19.9 Å². The Bertz CT molecular complexity index is 2290. The van der Waals surface area contributed by atoms with Crippen molar-refractivity contribution in [3.63, 3.8) is 0 Å². The molecule has 10 nitrogen and oxygen atoms in total. The zero-order valence-corrected chi connectivity index (χ0v) is 30.5. The lowest BCUT2D eigenvalue weighted by molar-refractivity contribution is -0.139. The van der Waals surface area contributed by atoms with E-state index in [1.807, 2.05) is 6.07 Å². The van der Waals surface area contributed by atoms with Crippen LogP contribution in [0.15, 0.2) is 140 Å². The van der Waals surface area contributed by atoms with Crippen molar-refractivity contribution in [2.75, 3.05) is 23.4 Å². The minimum absolute atomic E-state index is 0.0344. The molecule has 3 amide bonds. The van der Waals surface area contributed by atoms with E-state index in [9.17, 15) is 35.9 Å². The molecule has 0 aliphatic carbocycles. The second kappa shape index (κ2) is 19.1. The van der Waals surface area contributed by atoms with Gasteiger partial charge in [-0.1, -0.05) is 60.7 Å². The van der Waals surface area contributed by atoms with Crippen LogP contribution in [-0.2, 0) is 25.6 Å². The molecule has 0 aliphatic heterocycles. The molecule has 5 N–H and O–H groups in total. The summed E-state index contributed by atoms with van der Waals surface area (Å²) in [4.78, 5) is 28.1. The molecule has 0 aliphatic rings. The molecule has 58 heavy (non-hydrogen) atoms. The molecule has 0 atom stereocenters. The SMILES string of the molecule is CNC(=O)c1cc(Oc2ccc(NC(=O)Nc3ccc(OCc4ccccc4)c(C(F)(F)F)c3)cc2)ccn1.Nc1ccc(OCc2ccccc2)c(C(F)(F)F)c1. The summed E-state index contributed by atoms with van der Waals surface area (Å²) in [5.41, 5.74) is 5.59. The highest BCUT2D eigenvalue weighted by molar-refractivity contribution is 6.00. The Balaban J connectivity index is 0.000000281. The number of benzene rings is 5. The minimum atomic E-state index is -4.69. The number of hydrogen-bond donors (Lipinski definition) is 4. The maximum Gasteiger partial charge on any atom is 0.420 e. The molecular formula is C42H35F6N5O5. The van der Waals surface area contributed by atoms with Crippen LogP contribution in [0.3, 0.4) is 0 Å². The second-order valence-corrected chi connectivity index (χ2v) is 12.2. The highest BCUT2D eigenvalue weighted by atomic mass is 19.4. The first-order valence-corrected chi connectivity index (χ1v) is 17.2. The zero-order valence-electron chi connectivity index (χ0n) is 30.5. The van der Waals surface area contributed by atoms with Crippen molar-refractivity contribution in [3.05, 3.63) is 168 Å². The molecule has 0 radical (unpaired) electrons. The Morgan fingerprint density at radius 2 is 1.14 bits per heavy atom. The van der Waals surface area contributed by atoms with Crippen LogP contribution < -0.4 is 35.9 Å². The number of pyridine rings is 1. The van der Waals surface area contributed by atoms with Gasteiger partial charge in [-0.05, 0) is 77.9 Å². The quantitative estimate of drug-likeness (QED) is 0.0756. The highest BCUT2D eigenvalue weighted by Crippen LogP contribution is 2.39. The lowest BCUT2D eigenvalue weighted by Gasteiger charge is -2.16. The normalized spacial score (nSPS) is 11.0. The van der Waals surface area contributed by atoms with Gasteiger partial charge >= 0.3 is 18.4 Å². The van der Waals surface area contributed by atoms with Gasteiger partial charge in [-0.3, -0.25) is 9.78 Å². The highest BCUT2D eigenvalue weighted by Gasteiger charge is 2.35. The Morgan fingerprint density at radius 3 is 1.69 bits per heavy atom. The zero-order chi connectivity index (χ0) is 41.7. The number of amides is 3. The predicted molar refractivity (Wildman–Crippen MR) is 206 cm³/mol. The van der Waals surface area contributed by atoms with Crippen molar-refractivity contribution in [3.8, 4) is 23.0 Å². The molecule has 6 aromatic rings. The van der Waals surface area contributed by atoms with E-state index in [0.29, 0.717) is 17.2 Å². The van der Waals surface area contributed by atoms with E-state index in [1.54, 1.807) is 84.9 Å². The van der Waals surface area contributed by atoms with Gasteiger partial charge in [0.05, 0.1) is 11.1 Å². The van der Waals surface area contributed by atoms with Crippen molar-refractivity contribution < 1.29 is 50.1 Å². The van der Waals surface area contributed by atoms with Gasteiger partial charge in [-0.25, -0.2) is 4.79 Å². The van der Waals surface area contributed by atoms with Crippen LogP contribution in [0.25, 0.3) is 0 Å². The molecule has 0 fully saturated rings. The number of hydrogen-bond acceptors (Lipinski definition) is 7. The predicted octanol–water partition coefficient (Wildman–Crippen LogP) is 10.3. The summed E-state index contributed by atoms with van der Waals surface area (Å²) in [6.45, 7) is 0.0428. The minimum Gasteiger partial charge on any atom is -0.488 e. The van der Waals surface area contributed by atoms with E-state index >= 15 is 0 Å². The fraction of sp³-hybridized carbons (Fsp3) is 0.119. The fourth-order valence-electron chi connectivity index (χ4n) is 5.08. The third-order valence-electron chi connectivity index (χ3n) is 7.87. The van der Waals surface area contributed by atoms with Crippen molar-refractivity contribution in [1.29, 1.82) is 0 Å². The number of alkyl halides is 6. The van der Waals surface area contributed by atoms with Gasteiger partial charge in [-0.15, -0.1) is 0 Å². The number of nitrogens with one attached hydrogen (secondary N) is 3. The molecule has 300 valence electrons. The standard InChI is InChI=1S/C28H23F3N4O4.C14H12F3NO/c1-32-26(36)24-16-22(13-14-33-24)39-21-10-7-19(8-11-21)34-27(37)35-20-9-12-25(23(15-20)28(29,30)31)38-17-18-5-3-2-4-6-18;15-14(16,17)12-8-11(18)6-7-13(12)19-9-10-4-2-1-3-5-10/h2-16H,17H2,1H3,(H,32,36)(H2,34,35,37);1-8H,9,18H2. The third kappa shape index (κ3) is 12.4. The average Bonchev–Trinajstić information content (AvgIpc) is 3.20.